The summed E-state index contributed by atoms with van der Waals surface area (Å²) in [6.45, 7) is 6.27. The third-order valence-corrected chi connectivity index (χ3v) is 3.48. The second kappa shape index (κ2) is 5.94. The predicted molar refractivity (Wildman–Crippen MR) is 74.3 cm³/mol. The van der Waals surface area contributed by atoms with Crippen LogP contribution < -0.4 is 5.32 Å². The number of pyridine rings is 1. The first-order valence-corrected chi connectivity index (χ1v) is 6.87. The highest BCUT2D eigenvalue weighted by Crippen LogP contribution is 2.24. The first kappa shape index (κ1) is 12.3. The van der Waals surface area contributed by atoms with Crippen molar-refractivity contribution in [2.75, 3.05) is 6.54 Å². The van der Waals surface area contributed by atoms with Crippen LogP contribution in [0.3, 0.4) is 0 Å². The van der Waals surface area contributed by atoms with Crippen LogP contribution in [0.25, 0.3) is 11.1 Å². The van der Waals surface area contributed by atoms with E-state index in [1.165, 1.54) is 21.6 Å². The molecule has 0 aliphatic rings. The molecule has 0 fully saturated rings. The molecule has 0 aliphatic carbocycles. The number of aromatic nitrogens is 1. The van der Waals surface area contributed by atoms with Crippen molar-refractivity contribution in [3.05, 3.63) is 40.3 Å². The first-order valence-electron chi connectivity index (χ1n) is 5.99. The van der Waals surface area contributed by atoms with Gasteiger partial charge in [-0.3, -0.25) is 4.98 Å². The van der Waals surface area contributed by atoms with E-state index in [1.807, 2.05) is 12.4 Å². The van der Waals surface area contributed by atoms with Gasteiger partial charge in [0.25, 0.3) is 0 Å². The molecule has 0 saturated heterocycles. The minimum absolute atomic E-state index is 0.901. The molecule has 2 aromatic heterocycles. The molecule has 0 aromatic carbocycles. The highest BCUT2D eigenvalue weighted by Gasteiger charge is 2.02. The molecule has 0 spiro atoms. The minimum Gasteiger partial charge on any atom is -0.313 e. The number of rotatable bonds is 5. The van der Waals surface area contributed by atoms with Gasteiger partial charge in [0.2, 0.25) is 0 Å². The molecule has 0 saturated carbocycles. The number of hydrogen-bond acceptors (Lipinski definition) is 3. The zero-order valence-corrected chi connectivity index (χ0v) is 11.2. The van der Waals surface area contributed by atoms with E-state index in [2.05, 4.69) is 41.7 Å². The van der Waals surface area contributed by atoms with Gasteiger partial charge in [-0.15, -0.1) is 11.3 Å². The van der Waals surface area contributed by atoms with Crippen molar-refractivity contribution in [3.8, 4) is 11.1 Å². The third kappa shape index (κ3) is 3.38. The molecule has 2 rings (SSSR count). The molecule has 0 amide bonds. The fraction of sp³-hybridized carbons (Fsp3) is 0.357. The van der Waals surface area contributed by atoms with E-state index in [9.17, 15) is 0 Å². The van der Waals surface area contributed by atoms with E-state index in [1.54, 1.807) is 11.3 Å². The van der Waals surface area contributed by atoms with Crippen LogP contribution in [0, 0.1) is 6.92 Å². The minimum atomic E-state index is 0.901. The zero-order chi connectivity index (χ0) is 12.1. The smallest absolute Gasteiger partial charge is 0.0346 e. The van der Waals surface area contributed by atoms with Crippen molar-refractivity contribution in [1.29, 1.82) is 0 Å². The second-order valence-corrected chi connectivity index (χ2v) is 5.32. The topological polar surface area (TPSA) is 24.9 Å². The molecule has 1 N–H and O–H groups in total. The lowest BCUT2D eigenvalue weighted by Gasteiger charge is -2.04. The summed E-state index contributed by atoms with van der Waals surface area (Å²) in [5.74, 6) is 0. The van der Waals surface area contributed by atoms with Crippen LogP contribution in [0.15, 0.2) is 29.9 Å². The molecule has 90 valence electrons. The van der Waals surface area contributed by atoms with Crippen LogP contribution in [0.2, 0.25) is 0 Å². The molecular formula is C14H18N2S. The van der Waals surface area contributed by atoms with Crippen molar-refractivity contribution in [2.45, 2.75) is 26.8 Å². The predicted octanol–water partition coefficient (Wildman–Crippen LogP) is 3.62. The average Bonchev–Trinajstić information content (AvgIpc) is 2.77. The lowest BCUT2D eigenvalue weighted by Crippen LogP contribution is -2.13. The van der Waals surface area contributed by atoms with Gasteiger partial charge in [-0.2, -0.15) is 0 Å². The normalized spacial score (nSPS) is 10.7. The van der Waals surface area contributed by atoms with Gasteiger partial charge in [0.1, 0.15) is 0 Å². The summed E-state index contributed by atoms with van der Waals surface area (Å²) >= 11 is 1.78. The van der Waals surface area contributed by atoms with Crippen LogP contribution >= 0.6 is 11.3 Å². The summed E-state index contributed by atoms with van der Waals surface area (Å²) in [5, 5.41) is 5.59. The summed E-state index contributed by atoms with van der Waals surface area (Å²) in [6.07, 6.45) is 5.03. The largest absolute Gasteiger partial charge is 0.313 e. The molecular weight excluding hydrogens is 228 g/mol. The van der Waals surface area contributed by atoms with Gasteiger partial charge in [-0.25, -0.2) is 0 Å². The number of nitrogens with one attached hydrogen (secondary N) is 1. The lowest BCUT2D eigenvalue weighted by atomic mass is 10.1. The van der Waals surface area contributed by atoms with E-state index >= 15 is 0 Å². The molecule has 2 heterocycles. The molecule has 2 nitrogen and oxygen atoms in total. The van der Waals surface area contributed by atoms with Crippen LogP contribution in [0.5, 0.6) is 0 Å². The quantitative estimate of drug-likeness (QED) is 0.815. The maximum atomic E-state index is 4.31. The first-order chi connectivity index (χ1) is 8.29. The zero-order valence-electron chi connectivity index (χ0n) is 10.4. The van der Waals surface area contributed by atoms with Crippen molar-refractivity contribution >= 4 is 11.3 Å². The highest BCUT2D eigenvalue weighted by molar-refractivity contribution is 7.10. The third-order valence-electron chi connectivity index (χ3n) is 2.61. The summed E-state index contributed by atoms with van der Waals surface area (Å²) in [4.78, 5) is 5.66. The van der Waals surface area contributed by atoms with E-state index in [0.717, 1.165) is 19.5 Å². The van der Waals surface area contributed by atoms with Crippen LogP contribution in [0.1, 0.15) is 23.8 Å². The molecule has 0 bridgehead atoms. The van der Waals surface area contributed by atoms with Crippen molar-refractivity contribution in [1.82, 2.24) is 10.3 Å². The van der Waals surface area contributed by atoms with Gasteiger partial charge < -0.3 is 5.32 Å². The number of thiophene rings is 1. The number of hydrogen-bond donors (Lipinski definition) is 1. The maximum Gasteiger partial charge on any atom is 0.0346 e. The number of aryl methyl sites for hydroxylation is 1. The van der Waals surface area contributed by atoms with Gasteiger partial charge in [-0.05, 0) is 48.5 Å². The highest BCUT2D eigenvalue weighted by atomic mass is 32.1. The van der Waals surface area contributed by atoms with Crippen molar-refractivity contribution in [2.24, 2.45) is 0 Å². The fourth-order valence-electron chi connectivity index (χ4n) is 1.75. The Labute approximate surface area is 107 Å². The van der Waals surface area contributed by atoms with Crippen molar-refractivity contribution < 1.29 is 0 Å². The molecule has 2 aromatic rings. The number of nitrogens with zero attached hydrogens (tertiary/aromatic N) is 1. The van der Waals surface area contributed by atoms with Crippen LogP contribution in [0.4, 0.5) is 0 Å². The monoisotopic (exact) mass is 246 g/mol. The van der Waals surface area contributed by atoms with Gasteiger partial charge in [0.15, 0.2) is 0 Å². The van der Waals surface area contributed by atoms with Gasteiger partial charge in [-0.1, -0.05) is 6.92 Å². The summed E-state index contributed by atoms with van der Waals surface area (Å²) in [6, 6.07) is 4.43. The Hall–Kier alpha value is -1.19. The molecule has 0 unspecified atom stereocenters. The van der Waals surface area contributed by atoms with E-state index in [-0.39, 0.29) is 0 Å². The molecule has 0 radical (unpaired) electrons. The van der Waals surface area contributed by atoms with Gasteiger partial charge >= 0.3 is 0 Å². The lowest BCUT2D eigenvalue weighted by molar-refractivity contribution is 0.674. The summed E-state index contributed by atoms with van der Waals surface area (Å²) in [5.41, 5.74) is 3.74. The Balaban J connectivity index is 2.11. The standard InChI is InChI=1S/C14H18N2S/c1-3-4-15-7-12-6-13(9-16-8-12)14-5-11(2)17-10-14/h5-6,8-10,15H,3-4,7H2,1-2H3. The fourth-order valence-corrected chi connectivity index (χ4v) is 2.46. The molecule has 3 heteroatoms. The Kier molecular flexibility index (Phi) is 4.29. The molecule has 0 atom stereocenters. The Bertz CT molecular complexity index is 477. The average molecular weight is 246 g/mol. The molecule has 17 heavy (non-hydrogen) atoms. The van der Waals surface area contributed by atoms with Gasteiger partial charge in [0, 0.05) is 29.4 Å². The van der Waals surface area contributed by atoms with Crippen LogP contribution in [-0.4, -0.2) is 11.5 Å². The van der Waals surface area contributed by atoms with Crippen LogP contribution in [-0.2, 0) is 6.54 Å². The van der Waals surface area contributed by atoms with E-state index in [0.29, 0.717) is 0 Å². The van der Waals surface area contributed by atoms with E-state index < -0.39 is 0 Å². The Morgan fingerprint density at radius 2 is 2.12 bits per heavy atom. The van der Waals surface area contributed by atoms with Gasteiger partial charge in [0.05, 0.1) is 0 Å². The second-order valence-electron chi connectivity index (χ2n) is 4.20. The Morgan fingerprint density at radius 1 is 1.24 bits per heavy atom. The summed E-state index contributed by atoms with van der Waals surface area (Å²) < 4.78 is 0. The molecule has 0 aliphatic heterocycles. The van der Waals surface area contributed by atoms with E-state index in [4.69, 9.17) is 0 Å². The summed E-state index contributed by atoms with van der Waals surface area (Å²) in [7, 11) is 0. The Morgan fingerprint density at radius 3 is 2.82 bits per heavy atom. The maximum absolute atomic E-state index is 4.31. The SMILES string of the molecule is CCCNCc1cncc(-c2csc(C)c2)c1. The van der Waals surface area contributed by atoms with Crippen molar-refractivity contribution in [3.63, 3.8) is 0 Å².